The van der Waals surface area contributed by atoms with E-state index in [-0.39, 0.29) is 11.5 Å². The van der Waals surface area contributed by atoms with E-state index in [2.05, 4.69) is 35.6 Å². The Morgan fingerprint density at radius 3 is 2.57 bits per heavy atom. The van der Waals surface area contributed by atoms with Crippen molar-refractivity contribution in [2.45, 2.75) is 52.4 Å². The summed E-state index contributed by atoms with van der Waals surface area (Å²) in [5.41, 5.74) is 1.10. The molecule has 3 nitrogen and oxygen atoms in total. The van der Waals surface area contributed by atoms with Crippen molar-refractivity contribution in [2.75, 3.05) is 5.32 Å². The summed E-state index contributed by atoms with van der Waals surface area (Å²) in [5, 5.41) is 3.44. The fourth-order valence-corrected chi connectivity index (χ4v) is 3.73. The molecule has 1 aromatic carbocycles. The van der Waals surface area contributed by atoms with Crippen LogP contribution in [0.4, 0.5) is 14.5 Å². The molecule has 0 spiro atoms. The molecule has 5 heteroatoms. The second-order valence-corrected chi connectivity index (χ2v) is 7.08. The molecule has 1 N–H and O–H groups in total. The zero-order valence-corrected chi connectivity index (χ0v) is 12.6. The average molecular weight is 297 g/mol. The molecular weight excluding hydrogens is 276 g/mol. The number of hydrogen-bond donors (Lipinski definition) is 1. The number of benzene rings is 1. The van der Waals surface area contributed by atoms with Crippen LogP contribution in [0.15, 0.2) is 18.2 Å². The summed E-state index contributed by atoms with van der Waals surface area (Å²) >= 11 is 0. The third kappa shape index (κ3) is 3.22. The van der Waals surface area contributed by atoms with Crippen LogP contribution in [0.3, 0.4) is 0 Å². The number of hydrogen-bond acceptors (Lipinski definition) is 3. The van der Waals surface area contributed by atoms with Gasteiger partial charge in [0.15, 0.2) is 11.5 Å². The van der Waals surface area contributed by atoms with E-state index in [0.717, 1.165) is 18.5 Å². The van der Waals surface area contributed by atoms with Gasteiger partial charge >= 0.3 is 6.29 Å². The summed E-state index contributed by atoms with van der Waals surface area (Å²) in [4.78, 5) is 0. The van der Waals surface area contributed by atoms with E-state index in [1.807, 2.05) is 0 Å². The van der Waals surface area contributed by atoms with E-state index < -0.39 is 6.29 Å². The second-order valence-electron chi connectivity index (χ2n) is 7.08. The molecular formula is C16H21F2NO2. The number of ether oxygens (including phenoxy) is 2. The monoisotopic (exact) mass is 297 g/mol. The van der Waals surface area contributed by atoms with Crippen molar-refractivity contribution in [1.29, 1.82) is 0 Å². The normalized spacial score (nSPS) is 29.2. The molecule has 1 aliphatic carbocycles. The Hall–Kier alpha value is -1.52. The average Bonchev–Trinajstić information content (AvgIpc) is 2.59. The van der Waals surface area contributed by atoms with Gasteiger partial charge in [-0.3, -0.25) is 0 Å². The van der Waals surface area contributed by atoms with Gasteiger partial charge in [-0.25, -0.2) is 0 Å². The number of rotatable bonds is 2. The van der Waals surface area contributed by atoms with Gasteiger partial charge in [-0.15, -0.1) is 8.78 Å². The Balaban J connectivity index is 1.72. The minimum atomic E-state index is -3.55. The maximum absolute atomic E-state index is 13.0. The van der Waals surface area contributed by atoms with E-state index >= 15 is 0 Å². The van der Waals surface area contributed by atoms with Crippen molar-refractivity contribution in [3.05, 3.63) is 18.2 Å². The third-order valence-electron chi connectivity index (χ3n) is 4.16. The first-order valence-corrected chi connectivity index (χ1v) is 7.39. The van der Waals surface area contributed by atoms with Crippen molar-refractivity contribution in [3.63, 3.8) is 0 Å². The quantitative estimate of drug-likeness (QED) is 0.863. The minimum absolute atomic E-state index is 0.0860. The molecule has 0 bridgehead atoms. The smallest absolute Gasteiger partial charge is 0.395 e. The van der Waals surface area contributed by atoms with Gasteiger partial charge in [-0.1, -0.05) is 20.8 Å². The molecule has 1 heterocycles. The van der Waals surface area contributed by atoms with Gasteiger partial charge in [0.05, 0.1) is 0 Å². The van der Waals surface area contributed by atoms with Gasteiger partial charge in [0.1, 0.15) is 0 Å². The molecule has 1 aliphatic heterocycles. The fraction of sp³-hybridized carbons (Fsp3) is 0.625. The van der Waals surface area contributed by atoms with Gasteiger partial charge in [-0.05, 0) is 42.7 Å². The van der Waals surface area contributed by atoms with Crippen molar-refractivity contribution in [3.8, 4) is 11.5 Å². The fourth-order valence-electron chi connectivity index (χ4n) is 3.73. The maximum atomic E-state index is 13.0. The van der Waals surface area contributed by atoms with Gasteiger partial charge in [0, 0.05) is 17.8 Å². The highest BCUT2D eigenvalue weighted by molar-refractivity contribution is 5.56. The van der Waals surface area contributed by atoms with Crippen LogP contribution in [-0.4, -0.2) is 12.3 Å². The SMILES string of the molecule is CC1CC(Nc2ccc3c(c2)OC(F)(F)O3)CC(C)(C)C1. The lowest BCUT2D eigenvalue weighted by Crippen LogP contribution is -2.35. The minimum Gasteiger partial charge on any atom is -0.395 e. The molecule has 1 saturated carbocycles. The molecule has 0 radical (unpaired) electrons. The highest BCUT2D eigenvalue weighted by Gasteiger charge is 2.43. The van der Waals surface area contributed by atoms with Gasteiger partial charge < -0.3 is 14.8 Å². The molecule has 2 atom stereocenters. The highest BCUT2D eigenvalue weighted by atomic mass is 19.3. The molecule has 1 fully saturated rings. The van der Waals surface area contributed by atoms with Gasteiger partial charge in [0.25, 0.3) is 0 Å². The van der Waals surface area contributed by atoms with Crippen LogP contribution in [0.1, 0.15) is 40.0 Å². The first-order valence-electron chi connectivity index (χ1n) is 7.39. The van der Waals surface area contributed by atoms with Gasteiger partial charge in [-0.2, -0.15) is 0 Å². The van der Waals surface area contributed by atoms with Crippen LogP contribution in [0.5, 0.6) is 11.5 Å². The largest absolute Gasteiger partial charge is 0.586 e. The van der Waals surface area contributed by atoms with E-state index in [0.29, 0.717) is 17.4 Å². The molecule has 2 unspecified atom stereocenters. The molecule has 1 aromatic rings. The Kier molecular flexibility index (Phi) is 3.26. The van der Waals surface area contributed by atoms with Crippen molar-refractivity contribution in [2.24, 2.45) is 11.3 Å². The highest BCUT2D eigenvalue weighted by Crippen LogP contribution is 2.43. The summed E-state index contributed by atoms with van der Waals surface area (Å²) in [5.74, 6) is 0.834. The first-order chi connectivity index (χ1) is 9.72. The lowest BCUT2D eigenvalue weighted by molar-refractivity contribution is -0.286. The van der Waals surface area contributed by atoms with E-state index in [1.54, 1.807) is 12.1 Å². The Labute approximate surface area is 123 Å². The lowest BCUT2D eigenvalue weighted by atomic mass is 9.70. The first kappa shape index (κ1) is 14.4. The van der Waals surface area contributed by atoms with Crippen molar-refractivity contribution >= 4 is 5.69 Å². The van der Waals surface area contributed by atoms with Crippen LogP contribution in [0.2, 0.25) is 0 Å². The molecule has 116 valence electrons. The van der Waals surface area contributed by atoms with Crippen LogP contribution < -0.4 is 14.8 Å². The lowest BCUT2D eigenvalue weighted by Gasteiger charge is -2.39. The van der Waals surface area contributed by atoms with Crippen LogP contribution in [0, 0.1) is 11.3 Å². The Morgan fingerprint density at radius 2 is 1.86 bits per heavy atom. The van der Waals surface area contributed by atoms with Crippen LogP contribution in [-0.2, 0) is 0 Å². The summed E-state index contributed by atoms with van der Waals surface area (Å²) in [7, 11) is 0. The van der Waals surface area contributed by atoms with Crippen LogP contribution >= 0.6 is 0 Å². The predicted molar refractivity (Wildman–Crippen MR) is 76.9 cm³/mol. The molecule has 2 aliphatic rings. The van der Waals surface area contributed by atoms with Gasteiger partial charge in [0.2, 0.25) is 0 Å². The summed E-state index contributed by atoms with van der Waals surface area (Å²) in [6, 6.07) is 5.22. The maximum Gasteiger partial charge on any atom is 0.586 e. The molecule has 0 saturated heterocycles. The predicted octanol–water partition coefficient (Wildman–Crippen LogP) is 4.63. The number of halogens is 2. The second kappa shape index (κ2) is 4.75. The number of nitrogens with one attached hydrogen (secondary N) is 1. The third-order valence-corrected chi connectivity index (χ3v) is 4.16. The topological polar surface area (TPSA) is 30.5 Å². The summed E-state index contributed by atoms with van der Waals surface area (Å²) < 4.78 is 34.9. The summed E-state index contributed by atoms with van der Waals surface area (Å²) in [6.45, 7) is 6.81. The zero-order chi connectivity index (χ0) is 15.3. The van der Waals surface area contributed by atoms with E-state index in [1.165, 1.54) is 12.5 Å². The molecule has 0 amide bonds. The number of anilines is 1. The molecule has 3 rings (SSSR count). The van der Waals surface area contributed by atoms with Crippen molar-refractivity contribution < 1.29 is 18.3 Å². The standard InChI is InChI=1S/C16H21F2NO2/c1-10-6-12(9-15(2,3)8-10)19-11-4-5-13-14(7-11)21-16(17,18)20-13/h4-5,7,10,12,19H,6,8-9H2,1-3H3. The zero-order valence-electron chi connectivity index (χ0n) is 12.6. The molecule has 21 heavy (non-hydrogen) atoms. The van der Waals surface area contributed by atoms with E-state index in [9.17, 15) is 8.78 Å². The molecule has 0 aromatic heterocycles. The summed E-state index contributed by atoms with van der Waals surface area (Å²) in [6.07, 6.45) is -0.170. The Morgan fingerprint density at radius 1 is 1.14 bits per heavy atom. The van der Waals surface area contributed by atoms with Crippen LogP contribution in [0.25, 0.3) is 0 Å². The Bertz CT molecular complexity index is 545. The van der Waals surface area contributed by atoms with E-state index in [4.69, 9.17) is 0 Å². The van der Waals surface area contributed by atoms with Crippen molar-refractivity contribution in [1.82, 2.24) is 0 Å². The number of alkyl halides is 2. The number of fused-ring (bicyclic) bond motifs is 1.